The Bertz CT molecular complexity index is 1100. The van der Waals surface area contributed by atoms with Gasteiger partial charge in [0.2, 0.25) is 15.9 Å². The van der Waals surface area contributed by atoms with Crippen LogP contribution in [0.15, 0.2) is 71.6 Å². The van der Waals surface area contributed by atoms with Crippen LogP contribution < -0.4 is 9.62 Å². The molecule has 8 nitrogen and oxygen atoms in total. The van der Waals surface area contributed by atoms with E-state index in [1.54, 1.807) is 24.3 Å². The summed E-state index contributed by atoms with van der Waals surface area (Å²) >= 11 is 0. The van der Waals surface area contributed by atoms with Gasteiger partial charge in [-0.2, -0.15) is 0 Å². The third-order valence-electron chi connectivity index (χ3n) is 6.22. The maximum atomic E-state index is 12.8. The lowest BCUT2D eigenvalue weighted by Gasteiger charge is -2.37. The molecular formula is C25H31N3O5S. The first-order valence-corrected chi connectivity index (χ1v) is 13.0. The maximum absolute atomic E-state index is 12.8. The van der Waals surface area contributed by atoms with Crippen molar-refractivity contribution >= 4 is 21.6 Å². The molecule has 2 aliphatic heterocycles. The average molecular weight is 486 g/mol. The van der Waals surface area contributed by atoms with E-state index in [2.05, 4.69) is 21.8 Å². The largest absolute Gasteiger partial charge is 0.394 e. The van der Waals surface area contributed by atoms with Gasteiger partial charge >= 0.3 is 0 Å². The van der Waals surface area contributed by atoms with Gasteiger partial charge in [-0.15, -0.1) is 0 Å². The van der Waals surface area contributed by atoms with Gasteiger partial charge in [0.15, 0.2) is 0 Å². The SMILES string of the molecule is Cc1ccc(S(=O)(=O)N[C@H]2C=C[C@H](CC(=O)N3CCN(c4ccccc4)CC3)O[C@H]2CO)cc1. The summed E-state index contributed by atoms with van der Waals surface area (Å²) in [4.78, 5) is 17.1. The van der Waals surface area contributed by atoms with Crippen molar-refractivity contribution < 1.29 is 23.1 Å². The predicted molar refractivity (Wildman–Crippen MR) is 130 cm³/mol. The van der Waals surface area contributed by atoms with Crippen molar-refractivity contribution in [2.75, 3.05) is 37.7 Å². The fourth-order valence-electron chi connectivity index (χ4n) is 4.23. The molecule has 9 heteroatoms. The third kappa shape index (κ3) is 5.85. The van der Waals surface area contributed by atoms with Crippen molar-refractivity contribution in [3.05, 3.63) is 72.3 Å². The first-order valence-electron chi connectivity index (χ1n) is 11.5. The van der Waals surface area contributed by atoms with Crippen molar-refractivity contribution in [3.8, 4) is 0 Å². The molecule has 2 N–H and O–H groups in total. The Labute approximate surface area is 200 Å². The Kier molecular flexibility index (Phi) is 7.67. The number of nitrogens with zero attached hydrogens (tertiary/aromatic N) is 2. The van der Waals surface area contributed by atoms with Crippen LogP contribution in [0.2, 0.25) is 0 Å². The van der Waals surface area contributed by atoms with Gasteiger partial charge in [0.1, 0.15) is 6.10 Å². The van der Waals surface area contributed by atoms with Crippen LogP contribution in [0.25, 0.3) is 0 Å². The summed E-state index contributed by atoms with van der Waals surface area (Å²) in [6, 6.07) is 15.9. The lowest BCUT2D eigenvalue weighted by molar-refractivity contribution is -0.135. The Morgan fingerprint density at radius 3 is 2.35 bits per heavy atom. The van der Waals surface area contributed by atoms with E-state index in [4.69, 9.17) is 4.74 Å². The number of aliphatic hydroxyl groups excluding tert-OH is 1. The highest BCUT2D eigenvalue weighted by Gasteiger charge is 2.32. The molecule has 2 heterocycles. The molecule has 0 aliphatic carbocycles. The van der Waals surface area contributed by atoms with Crippen LogP contribution >= 0.6 is 0 Å². The minimum Gasteiger partial charge on any atom is -0.394 e. The quantitative estimate of drug-likeness (QED) is 0.579. The second-order valence-corrected chi connectivity index (χ2v) is 10.4. The van der Waals surface area contributed by atoms with E-state index in [1.807, 2.05) is 30.0 Å². The van der Waals surface area contributed by atoms with Crippen LogP contribution in [-0.2, 0) is 19.6 Å². The molecule has 3 atom stereocenters. The van der Waals surface area contributed by atoms with Crippen LogP contribution in [0.4, 0.5) is 5.69 Å². The van der Waals surface area contributed by atoms with Crippen LogP contribution in [0.1, 0.15) is 12.0 Å². The fourth-order valence-corrected chi connectivity index (χ4v) is 5.45. The summed E-state index contributed by atoms with van der Waals surface area (Å²) in [7, 11) is -3.78. The highest BCUT2D eigenvalue weighted by molar-refractivity contribution is 7.89. The Hall–Kier alpha value is -2.72. The van der Waals surface area contributed by atoms with Gasteiger partial charge in [-0.25, -0.2) is 13.1 Å². The number of sulfonamides is 1. The second-order valence-electron chi connectivity index (χ2n) is 8.65. The molecule has 0 saturated carbocycles. The smallest absolute Gasteiger partial charge is 0.241 e. The van der Waals surface area contributed by atoms with Gasteiger partial charge in [-0.3, -0.25) is 4.79 Å². The molecule has 1 fully saturated rings. The predicted octanol–water partition coefficient (Wildman–Crippen LogP) is 1.70. The van der Waals surface area contributed by atoms with E-state index in [-0.39, 0.29) is 23.8 Å². The first-order chi connectivity index (χ1) is 16.4. The molecule has 34 heavy (non-hydrogen) atoms. The zero-order valence-electron chi connectivity index (χ0n) is 19.2. The number of carbonyl (C=O) groups is 1. The number of amides is 1. The normalized spacial score (nSPS) is 23.2. The Morgan fingerprint density at radius 2 is 1.71 bits per heavy atom. The summed E-state index contributed by atoms with van der Waals surface area (Å²) in [6.07, 6.45) is 2.22. The van der Waals surface area contributed by atoms with Gasteiger partial charge in [0.05, 0.1) is 30.1 Å². The van der Waals surface area contributed by atoms with Crippen molar-refractivity contribution in [1.29, 1.82) is 0 Å². The molecule has 0 aromatic heterocycles. The van der Waals surface area contributed by atoms with E-state index >= 15 is 0 Å². The van der Waals surface area contributed by atoms with Crippen LogP contribution in [0.5, 0.6) is 0 Å². The number of anilines is 1. The number of nitrogens with one attached hydrogen (secondary N) is 1. The van der Waals surface area contributed by atoms with Gasteiger partial charge < -0.3 is 19.6 Å². The number of piperazine rings is 1. The number of aliphatic hydroxyl groups is 1. The second kappa shape index (κ2) is 10.7. The molecule has 2 aliphatic rings. The monoisotopic (exact) mass is 485 g/mol. The third-order valence-corrected chi connectivity index (χ3v) is 7.69. The standard InChI is InChI=1S/C25H31N3O5S/c1-19-7-10-22(11-8-19)34(31,32)26-23-12-9-21(33-24(23)18-29)17-25(30)28-15-13-27(14-16-28)20-5-3-2-4-6-20/h2-12,21,23-24,26,29H,13-18H2,1H3/t21-,23+,24+/m1/s1. The van der Waals surface area contributed by atoms with Gasteiger partial charge in [-0.05, 0) is 31.2 Å². The number of hydrogen-bond acceptors (Lipinski definition) is 6. The number of benzene rings is 2. The van der Waals surface area contributed by atoms with Crippen LogP contribution in [-0.4, -0.2) is 75.4 Å². The van der Waals surface area contributed by atoms with Crippen molar-refractivity contribution in [2.45, 2.75) is 36.5 Å². The first kappa shape index (κ1) is 24.4. The maximum Gasteiger partial charge on any atom is 0.241 e. The number of rotatable bonds is 7. The van der Waals surface area contributed by atoms with Crippen LogP contribution in [0, 0.1) is 6.92 Å². The highest BCUT2D eigenvalue weighted by atomic mass is 32.2. The minimum atomic E-state index is -3.78. The van der Waals surface area contributed by atoms with Crippen molar-refractivity contribution in [1.82, 2.24) is 9.62 Å². The summed E-state index contributed by atoms with van der Waals surface area (Å²) in [5, 5.41) is 9.81. The van der Waals surface area contributed by atoms with E-state index in [9.17, 15) is 18.3 Å². The Morgan fingerprint density at radius 1 is 1.03 bits per heavy atom. The highest BCUT2D eigenvalue weighted by Crippen LogP contribution is 2.21. The zero-order chi connectivity index (χ0) is 24.1. The lowest BCUT2D eigenvalue weighted by Crippen LogP contribution is -2.51. The summed E-state index contributed by atoms with van der Waals surface area (Å²) < 4.78 is 33.9. The molecule has 1 amide bonds. The minimum absolute atomic E-state index is 0.0160. The van der Waals surface area contributed by atoms with E-state index in [0.29, 0.717) is 13.1 Å². The molecule has 2 aromatic rings. The molecule has 0 bridgehead atoms. The van der Waals surface area contributed by atoms with E-state index in [0.717, 1.165) is 24.3 Å². The van der Waals surface area contributed by atoms with Crippen molar-refractivity contribution in [3.63, 3.8) is 0 Å². The van der Waals surface area contributed by atoms with E-state index in [1.165, 1.54) is 12.1 Å². The van der Waals surface area contributed by atoms with Gasteiger partial charge in [0.25, 0.3) is 0 Å². The molecule has 182 valence electrons. The van der Waals surface area contributed by atoms with Crippen molar-refractivity contribution in [2.24, 2.45) is 0 Å². The van der Waals surface area contributed by atoms with Gasteiger partial charge in [-0.1, -0.05) is 48.0 Å². The summed E-state index contributed by atoms with van der Waals surface area (Å²) in [5.74, 6) is -0.0160. The number of ether oxygens (including phenoxy) is 1. The molecule has 4 rings (SSSR count). The molecule has 2 aromatic carbocycles. The number of aryl methyl sites for hydroxylation is 1. The number of hydrogen-bond donors (Lipinski definition) is 2. The van der Waals surface area contributed by atoms with Crippen LogP contribution in [0.3, 0.4) is 0 Å². The zero-order valence-corrected chi connectivity index (χ0v) is 20.0. The molecule has 1 saturated heterocycles. The summed E-state index contributed by atoms with van der Waals surface area (Å²) in [6.45, 7) is 4.30. The molecule has 0 unspecified atom stereocenters. The topological polar surface area (TPSA) is 99.2 Å². The molecule has 0 spiro atoms. The van der Waals surface area contributed by atoms with Gasteiger partial charge in [0, 0.05) is 31.9 Å². The van der Waals surface area contributed by atoms with E-state index < -0.39 is 28.3 Å². The lowest BCUT2D eigenvalue weighted by atomic mass is 10.1. The average Bonchev–Trinajstić information content (AvgIpc) is 2.85. The number of carbonyl (C=O) groups excluding carboxylic acids is 1. The number of para-hydroxylation sites is 1. The molecular weight excluding hydrogens is 454 g/mol. The fraction of sp³-hybridized carbons (Fsp3) is 0.400. The summed E-state index contributed by atoms with van der Waals surface area (Å²) in [5.41, 5.74) is 2.11. The molecule has 0 radical (unpaired) electrons. The Balaban J connectivity index is 1.32.